The zero-order chi connectivity index (χ0) is 23.6. The van der Waals surface area contributed by atoms with E-state index in [1.165, 1.54) is 127 Å². The minimum Gasteiger partial charge on any atom is -0.480 e. The number of rotatable bonds is 22. The van der Waals surface area contributed by atoms with Gasteiger partial charge >= 0.3 is 5.97 Å². The fourth-order valence-corrected chi connectivity index (χ4v) is 5.36. The van der Waals surface area contributed by atoms with Crippen LogP contribution in [0.15, 0.2) is 0 Å². The Bertz CT molecular complexity index is 338. The van der Waals surface area contributed by atoms with Gasteiger partial charge in [-0.3, -0.25) is 4.79 Å². The molecule has 0 aromatic rings. The lowest BCUT2D eigenvalue weighted by atomic mass is 10.1. The molecule has 0 aliphatic carbocycles. The summed E-state index contributed by atoms with van der Waals surface area (Å²) in [4.78, 5) is 9.97. The molecule has 5 heteroatoms. The molecule has 0 bridgehead atoms. The SMILES string of the molecule is CC(C)(Br)C(=O)O.CCCCCCCCCCCSSCCCCCCCCCCC. The topological polar surface area (TPSA) is 37.3 Å². The Labute approximate surface area is 211 Å². The summed E-state index contributed by atoms with van der Waals surface area (Å²) in [6, 6.07) is 0. The molecular formula is C26H53BrO2S2. The molecule has 0 spiro atoms. The third kappa shape index (κ3) is 32.9. The first-order valence-electron chi connectivity index (χ1n) is 13.0. The van der Waals surface area contributed by atoms with Crippen LogP contribution in [0.5, 0.6) is 0 Å². The van der Waals surface area contributed by atoms with Crippen molar-refractivity contribution in [3.63, 3.8) is 0 Å². The first-order chi connectivity index (χ1) is 14.9. The summed E-state index contributed by atoms with van der Waals surface area (Å²) in [5, 5.41) is 8.20. The van der Waals surface area contributed by atoms with Crippen LogP contribution in [0.4, 0.5) is 0 Å². The molecule has 2 nitrogen and oxygen atoms in total. The molecule has 0 unspecified atom stereocenters. The van der Waals surface area contributed by atoms with Crippen molar-refractivity contribution in [3.8, 4) is 0 Å². The molecule has 0 aliphatic heterocycles. The van der Waals surface area contributed by atoms with Gasteiger partial charge in [-0.25, -0.2) is 0 Å². The number of carboxylic acid groups (broad SMARTS) is 1. The average Bonchev–Trinajstić information content (AvgIpc) is 2.72. The Hall–Kier alpha value is 0.650. The maximum Gasteiger partial charge on any atom is 0.319 e. The van der Waals surface area contributed by atoms with Crippen molar-refractivity contribution in [2.75, 3.05) is 11.5 Å². The second-order valence-corrected chi connectivity index (χ2v) is 13.8. The van der Waals surface area contributed by atoms with E-state index in [2.05, 4.69) is 51.4 Å². The van der Waals surface area contributed by atoms with Gasteiger partial charge in [0, 0.05) is 11.5 Å². The second kappa shape index (κ2) is 26.9. The molecule has 0 radical (unpaired) electrons. The van der Waals surface area contributed by atoms with Gasteiger partial charge in [0.1, 0.15) is 4.32 Å². The lowest BCUT2D eigenvalue weighted by Crippen LogP contribution is -2.22. The van der Waals surface area contributed by atoms with Crippen LogP contribution in [-0.4, -0.2) is 26.9 Å². The molecule has 1 N–H and O–H groups in total. The van der Waals surface area contributed by atoms with E-state index in [1.54, 1.807) is 13.8 Å². The highest BCUT2D eigenvalue weighted by atomic mass is 79.9. The molecule has 0 aromatic carbocycles. The van der Waals surface area contributed by atoms with E-state index < -0.39 is 10.3 Å². The fraction of sp³-hybridized carbons (Fsp3) is 0.962. The van der Waals surface area contributed by atoms with Crippen molar-refractivity contribution in [3.05, 3.63) is 0 Å². The standard InChI is InChI=1S/C22H46S2.C4H7BrO2/c1-3-5-7-9-11-13-15-17-19-21-23-24-22-20-18-16-14-12-10-8-6-4-2;1-4(2,5)3(6)7/h3-22H2,1-2H3;1-2H3,(H,6,7). The first kappa shape index (κ1) is 33.8. The second-order valence-electron chi connectivity index (χ2n) is 9.08. The highest BCUT2D eigenvalue weighted by molar-refractivity contribution is 9.10. The summed E-state index contributed by atoms with van der Waals surface area (Å²) < 4.78 is -0.771. The number of halogens is 1. The van der Waals surface area contributed by atoms with E-state index in [9.17, 15) is 4.79 Å². The fourth-order valence-electron chi connectivity index (χ4n) is 3.06. The highest BCUT2D eigenvalue weighted by Crippen LogP contribution is 2.25. The number of hydrogen-bond donors (Lipinski definition) is 1. The van der Waals surface area contributed by atoms with E-state index in [0.29, 0.717) is 0 Å². The maximum atomic E-state index is 9.97. The van der Waals surface area contributed by atoms with Gasteiger partial charge in [-0.2, -0.15) is 0 Å². The minimum absolute atomic E-state index is 0.771. The van der Waals surface area contributed by atoms with Crippen molar-refractivity contribution >= 4 is 43.5 Å². The summed E-state index contributed by atoms with van der Waals surface area (Å²) >= 11 is 2.94. The Kier molecular flexibility index (Phi) is 29.3. The van der Waals surface area contributed by atoms with Gasteiger partial charge in [0.05, 0.1) is 0 Å². The number of alkyl halides is 1. The van der Waals surface area contributed by atoms with Crippen LogP contribution < -0.4 is 0 Å². The van der Waals surface area contributed by atoms with Gasteiger partial charge in [-0.1, -0.05) is 154 Å². The van der Waals surface area contributed by atoms with E-state index in [0.717, 1.165) is 0 Å². The van der Waals surface area contributed by atoms with E-state index in [-0.39, 0.29) is 0 Å². The summed E-state index contributed by atoms with van der Waals surface area (Å²) in [7, 11) is 4.24. The van der Waals surface area contributed by atoms with Crippen molar-refractivity contribution in [1.29, 1.82) is 0 Å². The van der Waals surface area contributed by atoms with Crippen LogP contribution in [0.1, 0.15) is 143 Å². The van der Waals surface area contributed by atoms with Crippen molar-refractivity contribution in [1.82, 2.24) is 0 Å². The minimum atomic E-state index is -0.840. The Morgan fingerprint density at radius 3 is 1.06 bits per heavy atom. The Morgan fingerprint density at radius 2 is 0.839 bits per heavy atom. The first-order valence-corrected chi connectivity index (χ1v) is 16.3. The predicted octanol–water partition coefficient (Wildman–Crippen LogP) is 10.7. The smallest absolute Gasteiger partial charge is 0.319 e. The van der Waals surface area contributed by atoms with Crippen LogP contribution in [0.25, 0.3) is 0 Å². The van der Waals surface area contributed by atoms with Gasteiger partial charge < -0.3 is 5.11 Å². The van der Waals surface area contributed by atoms with Crippen LogP contribution >= 0.6 is 37.5 Å². The van der Waals surface area contributed by atoms with E-state index in [4.69, 9.17) is 5.11 Å². The van der Waals surface area contributed by atoms with E-state index in [1.807, 2.05) is 0 Å². The lowest BCUT2D eigenvalue weighted by Gasteiger charge is -2.06. The van der Waals surface area contributed by atoms with E-state index >= 15 is 0 Å². The van der Waals surface area contributed by atoms with Crippen molar-refractivity contribution in [2.24, 2.45) is 0 Å². The Morgan fingerprint density at radius 1 is 0.613 bits per heavy atom. The van der Waals surface area contributed by atoms with Crippen LogP contribution in [0, 0.1) is 0 Å². The van der Waals surface area contributed by atoms with Gasteiger partial charge in [0.2, 0.25) is 0 Å². The number of carbonyl (C=O) groups is 1. The highest BCUT2D eigenvalue weighted by Gasteiger charge is 2.21. The third-order valence-corrected chi connectivity index (χ3v) is 8.17. The Balaban J connectivity index is 0. The quantitative estimate of drug-likeness (QED) is 0.0840. The van der Waals surface area contributed by atoms with Crippen LogP contribution in [-0.2, 0) is 4.79 Å². The lowest BCUT2D eigenvalue weighted by molar-refractivity contribution is -0.138. The largest absolute Gasteiger partial charge is 0.480 e. The van der Waals surface area contributed by atoms with Crippen LogP contribution in [0.2, 0.25) is 0 Å². The van der Waals surface area contributed by atoms with Gasteiger partial charge in [-0.15, -0.1) is 0 Å². The molecule has 0 saturated heterocycles. The molecule has 0 saturated carbocycles. The molecule has 0 aliphatic rings. The molecule has 0 heterocycles. The number of aliphatic carboxylic acids is 1. The van der Waals surface area contributed by atoms with Gasteiger partial charge in [0.15, 0.2) is 0 Å². The van der Waals surface area contributed by atoms with Gasteiger partial charge in [0.25, 0.3) is 0 Å². The number of hydrogen-bond acceptors (Lipinski definition) is 3. The average molecular weight is 542 g/mol. The molecule has 0 rings (SSSR count). The maximum absolute atomic E-state index is 9.97. The summed E-state index contributed by atoms with van der Waals surface area (Å²) in [6.45, 7) is 7.75. The third-order valence-electron chi connectivity index (χ3n) is 5.25. The summed E-state index contributed by atoms with van der Waals surface area (Å²) in [6.07, 6.45) is 26.1. The van der Waals surface area contributed by atoms with Crippen molar-refractivity contribution < 1.29 is 9.90 Å². The number of carboxylic acids is 1. The zero-order valence-electron chi connectivity index (χ0n) is 21.2. The normalized spacial score (nSPS) is 11.3. The summed E-state index contributed by atoms with van der Waals surface area (Å²) in [5.41, 5.74) is 0. The van der Waals surface area contributed by atoms with Gasteiger partial charge in [-0.05, 0) is 26.7 Å². The predicted molar refractivity (Wildman–Crippen MR) is 150 cm³/mol. The number of unbranched alkanes of at least 4 members (excludes halogenated alkanes) is 16. The molecule has 0 amide bonds. The molecule has 0 atom stereocenters. The molecular weight excluding hydrogens is 488 g/mol. The molecule has 0 fully saturated rings. The zero-order valence-corrected chi connectivity index (χ0v) is 24.4. The molecule has 0 aromatic heterocycles. The molecule has 31 heavy (non-hydrogen) atoms. The summed E-state index contributed by atoms with van der Waals surface area (Å²) in [5.74, 6) is 1.91. The monoisotopic (exact) mass is 540 g/mol. The van der Waals surface area contributed by atoms with Crippen LogP contribution in [0.3, 0.4) is 0 Å². The molecule has 188 valence electrons. The van der Waals surface area contributed by atoms with Crippen molar-refractivity contribution in [2.45, 2.75) is 148 Å².